The second kappa shape index (κ2) is 9.88. The van der Waals surface area contributed by atoms with Crippen LogP contribution in [0.25, 0.3) is 21.8 Å². The Hall–Kier alpha value is -2.30. The number of carbonyl (C=O) groups is 1. The van der Waals surface area contributed by atoms with Gasteiger partial charge in [-0.25, -0.2) is 8.42 Å². The first-order chi connectivity index (χ1) is 14.8. The lowest BCUT2D eigenvalue weighted by atomic mass is 10.1. The van der Waals surface area contributed by atoms with Gasteiger partial charge < -0.3 is 15.1 Å². The largest absolute Gasteiger partial charge is 0.481 e. The smallest absolute Gasteiger partial charge is 0.303 e. The van der Waals surface area contributed by atoms with Crippen molar-refractivity contribution in [3.63, 3.8) is 0 Å². The van der Waals surface area contributed by atoms with Crippen LogP contribution in [0, 0.1) is 0 Å². The zero-order valence-corrected chi connectivity index (χ0v) is 19.2. The van der Waals surface area contributed by atoms with Crippen LogP contribution in [0.3, 0.4) is 0 Å². The molecule has 0 bridgehead atoms. The average molecular weight is 466 g/mol. The monoisotopic (exact) mass is 465 g/mol. The van der Waals surface area contributed by atoms with E-state index < -0.39 is 16.0 Å². The summed E-state index contributed by atoms with van der Waals surface area (Å²) in [6.07, 6.45) is 4.47. The van der Waals surface area contributed by atoms with Gasteiger partial charge in [0.1, 0.15) is 5.52 Å². The number of pyridine rings is 1. The van der Waals surface area contributed by atoms with Crippen LogP contribution in [0.2, 0.25) is 0 Å². The number of thioether (sulfide) groups is 1. The van der Waals surface area contributed by atoms with E-state index in [-0.39, 0.29) is 16.5 Å². The lowest BCUT2D eigenvalue weighted by Gasteiger charge is -2.30. The molecule has 1 fully saturated rings. The molecule has 0 spiro atoms. The van der Waals surface area contributed by atoms with Crippen molar-refractivity contribution in [2.45, 2.75) is 43.5 Å². The third-order valence-corrected chi connectivity index (χ3v) is 8.30. The van der Waals surface area contributed by atoms with Gasteiger partial charge in [-0.1, -0.05) is 6.92 Å². The maximum absolute atomic E-state index is 13.1. The number of H-pyrrole nitrogens is 2. The minimum Gasteiger partial charge on any atom is -0.481 e. The third-order valence-electron chi connectivity index (χ3n) is 5.35. The second-order valence-electron chi connectivity index (χ2n) is 7.44. The van der Waals surface area contributed by atoms with Crippen molar-refractivity contribution in [3.8, 4) is 0 Å². The van der Waals surface area contributed by atoms with Gasteiger partial charge in [0.05, 0.1) is 4.90 Å². The summed E-state index contributed by atoms with van der Waals surface area (Å²) in [5.74, 6) is 1.28. The number of carboxylic acids is 1. The Morgan fingerprint density at radius 2 is 1.94 bits per heavy atom. The van der Waals surface area contributed by atoms with Crippen molar-refractivity contribution >= 4 is 49.6 Å². The molecule has 8 nitrogen and oxygen atoms in total. The topological polar surface area (TPSA) is 123 Å². The zero-order valence-electron chi connectivity index (χ0n) is 17.6. The number of hydrogen-bond donors (Lipinski definition) is 3. The fourth-order valence-electron chi connectivity index (χ4n) is 3.61. The van der Waals surface area contributed by atoms with E-state index in [9.17, 15) is 18.0 Å². The normalized spacial score (nSPS) is 15.2. The van der Waals surface area contributed by atoms with Gasteiger partial charge in [0, 0.05) is 42.0 Å². The fourth-order valence-corrected chi connectivity index (χ4v) is 6.13. The molecular formula is C21H27N3O5S2. The Labute approximate surface area is 185 Å². The zero-order chi connectivity index (χ0) is 22.6. The van der Waals surface area contributed by atoms with Crippen LogP contribution in [0.4, 0.5) is 0 Å². The predicted molar refractivity (Wildman–Crippen MR) is 124 cm³/mol. The lowest BCUT2D eigenvalue weighted by Crippen LogP contribution is -2.39. The Morgan fingerprint density at radius 3 is 2.55 bits per heavy atom. The first-order valence-electron chi connectivity index (χ1n) is 10.2. The summed E-state index contributed by atoms with van der Waals surface area (Å²) in [6, 6.07) is 6.74. The number of aromatic amines is 2. The highest BCUT2D eigenvalue weighted by Crippen LogP contribution is 2.28. The Bertz CT molecular complexity index is 1230. The highest BCUT2D eigenvalue weighted by molar-refractivity contribution is 7.99. The predicted octanol–water partition coefficient (Wildman–Crippen LogP) is 3.40. The first kappa shape index (κ1) is 23.4. The number of aromatic nitrogens is 2. The number of fused-ring (bicyclic) bond motifs is 3. The van der Waals surface area contributed by atoms with Gasteiger partial charge >= 0.3 is 5.97 Å². The van der Waals surface area contributed by atoms with E-state index in [1.807, 2.05) is 18.7 Å². The standard InChI is InChI=1S/C17H19N3O3S2.C4H8O2/c1-20(11-5-8-24-9-6-11)25(22,23)12-2-3-15-14(10-12)13-4-7-18-16(13)17(21)19-15;1-2-3-4(5)6/h2-4,7,10-11,18H,5-6,8-9H2,1H3,(H,19,21);2-3H2,1H3,(H,5,6). The van der Waals surface area contributed by atoms with Gasteiger partial charge in [-0.3, -0.25) is 9.59 Å². The van der Waals surface area contributed by atoms with Crippen LogP contribution in [-0.2, 0) is 14.8 Å². The van der Waals surface area contributed by atoms with E-state index in [4.69, 9.17) is 5.11 Å². The maximum atomic E-state index is 13.1. The summed E-state index contributed by atoms with van der Waals surface area (Å²) >= 11 is 1.87. The van der Waals surface area contributed by atoms with Crippen LogP contribution < -0.4 is 5.56 Å². The summed E-state index contributed by atoms with van der Waals surface area (Å²) in [6.45, 7) is 1.84. The van der Waals surface area contributed by atoms with Crippen LogP contribution in [0.15, 0.2) is 40.2 Å². The molecule has 3 heterocycles. The van der Waals surface area contributed by atoms with Crippen LogP contribution in [0.1, 0.15) is 32.6 Å². The molecule has 3 aromatic rings. The molecule has 3 N–H and O–H groups in total. The molecule has 10 heteroatoms. The van der Waals surface area contributed by atoms with Gasteiger partial charge in [0.2, 0.25) is 10.0 Å². The molecule has 0 atom stereocenters. The molecule has 1 aromatic carbocycles. The molecule has 31 heavy (non-hydrogen) atoms. The summed E-state index contributed by atoms with van der Waals surface area (Å²) in [5.41, 5.74) is 0.882. The third kappa shape index (κ3) is 5.13. The Morgan fingerprint density at radius 1 is 1.23 bits per heavy atom. The van der Waals surface area contributed by atoms with Gasteiger partial charge in [-0.05, 0) is 55.0 Å². The first-order valence-corrected chi connectivity index (χ1v) is 12.8. The van der Waals surface area contributed by atoms with E-state index in [0.29, 0.717) is 17.5 Å². The van der Waals surface area contributed by atoms with Gasteiger partial charge in [0.25, 0.3) is 5.56 Å². The van der Waals surface area contributed by atoms with E-state index in [2.05, 4.69) is 9.97 Å². The van der Waals surface area contributed by atoms with Crippen molar-refractivity contribution in [2.75, 3.05) is 18.6 Å². The Balaban J connectivity index is 0.000000401. The average Bonchev–Trinajstić information content (AvgIpc) is 3.25. The van der Waals surface area contributed by atoms with E-state index in [1.54, 1.807) is 37.5 Å². The highest BCUT2D eigenvalue weighted by atomic mass is 32.2. The van der Waals surface area contributed by atoms with Gasteiger partial charge in [0.15, 0.2) is 0 Å². The summed E-state index contributed by atoms with van der Waals surface area (Å²) in [7, 11) is -1.90. The summed E-state index contributed by atoms with van der Waals surface area (Å²) in [4.78, 5) is 27.6. The SMILES string of the molecule is CCCC(=O)O.CN(C1CCSCC1)S(=O)(=O)c1ccc2[nH]c(=O)c3[nH]ccc3c2c1. The van der Waals surface area contributed by atoms with Crippen molar-refractivity contribution in [1.29, 1.82) is 0 Å². The van der Waals surface area contributed by atoms with Crippen molar-refractivity contribution in [2.24, 2.45) is 0 Å². The van der Waals surface area contributed by atoms with Gasteiger partial charge in [-0.15, -0.1) is 0 Å². The minimum atomic E-state index is -3.57. The van der Waals surface area contributed by atoms with Crippen molar-refractivity contribution < 1.29 is 18.3 Å². The molecule has 0 amide bonds. The van der Waals surface area contributed by atoms with Crippen molar-refractivity contribution in [3.05, 3.63) is 40.8 Å². The molecule has 0 saturated carbocycles. The summed E-state index contributed by atoms with van der Waals surface area (Å²) in [5, 5.41) is 9.37. The number of sulfonamides is 1. The van der Waals surface area contributed by atoms with E-state index >= 15 is 0 Å². The number of rotatable bonds is 5. The molecule has 168 valence electrons. The molecule has 1 aliphatic rings. The number of carboxylic acid groups (broad SMARTS) is 1. The minimum absolute atomic E-state index is 0.0461. The fraction of sp³-hybridized carbons (Fsp3) is 0.429. The summed E-state index contributed by atoms with van der Waals surface area (Å²) < 4.78 is 27.6. The molecule has 0 radical (unpaired) electrons. The lowest BCUT2D eigenvalue weighted by molar-refractivity contribution is -0.137. The van der Waals surface area contributed by atoms with Crippen molar-refractivity contribution in [1.82, 2.24) is 14.3 Å². The molecule has 1 aliphatic heterocycles. The number of hydrogen-bond acceptors (Lipinski definition) is 5. The maximum Gasteiger partial charge on any atom is 0.303 e. The molecule has 0 aliphatic carbocycles. The number of benzene rings is 1. The molecule has 0 unspecified atom stereocenters. The van der Waals surface area contributed by atoms with Crippen LogP contribution in [0.5, 0.6) is 0 Å². The molecule has 4 rings (SSSR count). The van der Waals surface area contributed by atoms with Gasteiger partial charge in [-0.2, -0.15) is 16.1 Å². The van der Waals surface area contributed by atoms with Crippen LogP contribution in [-0.4, -0.2) is 58.4 Å². The second-order valence-corrected chi connectivity index (χ2v) is 10.7. The Kier molecular flexibility index (Phi) is 7.45. The highest BCUT2D eigenvalue weighted by Gasteiger charge is 2.29. The van der Waals surface area contributed by atoms with E-state index in [0.717, 1.165) is 41.5 Å². The molecular weight excluding hydrogens is 438 g/mol. The quantitative estimate of drug-likeness (QED) is 0.531. The number of nitrogens with one attached hydrogen (secondary N) is 2. The number of nitrogens with zero attached hydrogens (tertiary/aromatic N) is 1. The molecule has 1 saturated heterocycles. The van der Waals surface area contributed by atoms with Crippen LogP contribution >= 0.6 is 11.8 Å². The number of aliphatic carboxylic acids is 1. The molecule has 2 aromatic heterocycles. The van der Waals surface area contributed by atoms with E-state index in [1.165, 1.54) is 4.31 Å².